The molecule has 0 aliphatic carbocycles. The van der Waals surface area contributed by atoms with Gasteiger partial charge in [0.15, 0.2) is 11.1 Å². The average molecular weight is 575 g/mol. The minimum Gasteiger partial charge on any atom is -0.463 e. The fourth-order valence-corrected chi connectivity index (χ4v) is 5.44. The maximum absolute atomic E-state index is 14.0. The molecular weight excluding hydrogens is 546 g/mol. The molecule has 1 aliphatic heterocycles. The number of carbonyl (C=O) groups excluding carboxylic acids is 1. The van der Waals surface area contributed by atoms with E-state index < -0.39 is 78.7 Å². The lowest BCUT2D eigenvalue weighted by molar-refractivity contribution is -0.151. The van der Waals surface area contributed by atoms with Crippen LogP contribution in [0, 0.1) is 24.1 Å². The number of aliphatic hydroxyl groups excluding tert-OH is 1. The van der Waals surface area contributed by atoms with Gasteiger partial charge in [-0.25, -0.2) is 9.36 Å². The number of nitrogens with zero attached hydrogens (tertiary/aromatic N) is 1. The maximum atomic E-state index is 14.0. The van der Waals surface area contributed by atoms with Gasteiger partial charge in [-0.2, -0.15) is 4.39 Å². The number of alkyl halides is 1. The molecule has 1 saturated heterocycles. The SMILES string of the molecule is [2H]C([2H])(O[P@@](=O)(C[C@@H](C)C(=O)OC(C)C)Oc1ccccc1)[C@H]1O[C@@H](n2cc(F)c(=O)[nH]c2=O)C(Cl)(C#C)[C@H]1O. The second kappa shape index (κ2) is 11.8. The third kappa shape index (κ3) is 6.54. The molecule has 2 heterocycles. The van der Waals surface area contributed by atoms with E-state index in [-0.39, 0.29) is 5.75 Å². The van der Waals surface area contributed by atoms with Gasteiger partial charge in [0.05, 0.1) is 33.7 Å². The zero-order chi connectivity index (χ0) is 30.0. The van der Waals surface area contributed by atoms with Gasteiger partial charge < -0.3 is 19.1 Å². The van der Waals surface area contributed by atoms with Crippen LogP contribution in [0.1, 0.15) is 29.7 Å². The van der Waals surface area contributed by atoms with Crippen molar-refractivity contribution in [1.82, 2.24) is 9.55 Å². The molecule has 6 atom stereocenters. The van der Waals surface area contributed by atoms with Crippen LogP contribution in [0.2, 0.25) is 0 Å². The Balaban J connectivity index is 1.98. The molecule has 0 bridgehead atoms. The predicted octanol–water partition coefficient (Wildman–Crippen LogP) is 2.42. The molecule has 2 N–H and O–H groups in total. The molecule has 38 heavy (non-hydrogen) atoms. The minimum atomic E-state index is -4.60. The first-order valence-corrected chi connectivity index (χ1v) is 13.4. The molecule has 11 nitrogen and oxygen atoms in total. The normalized spacial score (nSPS) is 26.5. The van der Waals surface area contributed by atoms with E-state index in [0.29, 0.717) is 10.8 Å². The summed E-state index contributed by atoms with van der Waals surface area (Å²) in [4.78, 5) is 35.5. The minimum absolute atomic E-state index is 0.0161. The summed E-state index contributed by atoms with van der Waals surface area (Å²) in [6, 6.07) is 7.58. The summed E-state index contributed by atoms with van der Waals surface area (Å²) in [5.41, 5.74) is -2.57. The van der Waals surface area contributed by atoms with Crippen LogP contribution in [0.5, 0.6) is 5.75 Å². The van der Waals surface area contributed by atoms with Crippen LogP contribution in [0.15, 0.2) is 46.1 Å². The Morgan fingerprint density at radius 3 is 2.66 bits per heavy atom. The number of hydrogen-bond acceptors (Lipinski definition) is 9. The number of rotatable bonds is 10. The van der Waals surface area contributed by atoms with Gasteiger partial charge in [0.2, 0.25) is 5.82 Å². The highest BCUT2D eigenvalue weighted by molar-refractivity contribution is 7.54. The van der Waals surface area contributed by atoms with E-state index in [0.717, 1.165) is 0 Å². The Kier molecular flexibility index (Phi) is 8.31. The van der Waals surface area contributed by atoms with Crippen molar-refractivity contribution in [1.29, 1.82) is 0 Å². The van der Waals surface area contributed by atoms with Crippen molar-refractivity contribution in [2.24, 2.45) is 5.92 Å². The van der Waals surface area contributed by atoms with Crippen molar-refractivity contribution in [2.75, 3.05) is 12.7 Å². The van der Waals surface area contributed by atoms with Gasteiger partial charge in [-0.05, 0) is 26.0 Å². The summed E-state index contributed by atoms with van der Waals surface area (Å²) in [7, 11) is -4.60. The Hall–Kier alpha value is -2.94. The van der Waals surface area contributed by atoms with E-state index in [1.165, 1.54) is 19.1 Å². The van der Waals surface area contributed by atoms with E-state index in [2.05, 4.69) is 0 Å². The van der Waals surface area contributed by atoms with Crippen LogP contribution in [-0.4, -0.2) is 56.5 Å². The Morgan fingerprint density at radius 2 is 2.05 bits per heavy atom. The summed E-state index contributed by atoms with van der Waals surface area (Å²) in [6.07, 6.45) is -1.39. The summed E-state index contributed by atoms with van der Waals surface area (Å²) >= 11 is 6.38. The number of nitrogens with one attached hydrogen (secondary N) is 1. The summed E-state index contributed by atoms with van der Waals surface area (Å²) in [6.45, 7) is 1.40. The van der Waals surface area contributed by atoms with E-state index in [1.54, 1.807) is 37.0 Å². The van der Waals surface area contributed by atoms with Gasteiger partial charge in [0.25, 0.3) is 5.56 Å². The van der Waals surface area contributed by atoms with Crippen LogP contribution in [0.25, 0.3) is 0 Å². The second-order valence-corrected chi connectivity index (χ2v) is 11.3. The predicted molar refractivity (Wildman–Crippen MR) is 135 cm³/mol. The van der Waals surface area contributed by atoms with Crippen LogP contribution < -0.4 is 15.8 Å². The molecular formula is C24H27ClFN2O9P. The van der Waals surface area contributed by atoms with Gasteiger partial charge in [0.1, 0.15) is 18.0 Å². The molecule has 0 saturated carbocycles. The largest absolute Gasteiger partial charge is 0.463 e. The quantitative estimate of drug-likeness (QED) is 0.189. The standard InChI is InChI=1S/C24H27ClFN2O9P/c1-5-24(25)19(29)18(36-22(24)28-11-17(26)20(30)27-23(28)32)12-34-38(33,37-16-9-7-6-8-10-16)13-15(4)21(31)35-14(2)3/h1,6-11,14-15,18-19,22,29H,12-13H2,2-4H3,(H,27,30,32)/t15-,18-,19+,22-,24?,38+/m1/s1/i12D2. The Morgan fingerprint density at radius 1 is 1.39 bits per heavy atom. The topological polar surface area (TPSA) is 146 Å². The number of aliphatic hydroxyl groups is 1. The monoisotopic (exact) mass is 574 g/mol. The van der Waals surface area contributed by atoms with Crippen LogP contribution in [0.4, 0.5) is 4.39 Å². The fraction of sp³-hybridized carbons (Fsp3) is 0.458. The first-order valence-electron chi connectivity index (χ1n) is 12.3. The highest BCUT2D eigenvalue weighted by Crippen LogP contribution is 2.51. The molecule has 0 spiro atoms. The first-order chi connectivity index (χ1) is 18.5. The van der Waals surface area contributed by atoms with Crippen LogP contribution >= 0.6 is 19.2 Å². The van der Waals surface area contributed by atoms with E-state index in [9.17, 15) is 28.4 Å². The lowest BCUT2D eigenvalue weighted by atomic mass is 9.99. The van der Waals surface area contributed by atoms with Crippen molar-refractivity contribution in [3.05, 3.63) is 63.2 Å². The zero-order valence-corrected chi connectivity index (χ0v) is 22.1. The second-order valence-electron chi connectivity index (χ2n) is 8.70. The third-order valence-electron chi connectivity index (χ3n) is 5.30. The number of aromatic amines is 1. The summed E-state index contributed by atoms with van der Waals surface area (Å²) in [5.74, 6) is -1.24. The van der Waals surface area contributed by atoms with Gasteiger partial charge in [-0.15, -0.1) is 6.42 Å². The number of aromatic nitrogens is 2. The number of hydrogen-bond donors (Lipinski definition) is 2. The number of para-hydroxylation sites is 1. The molecule has 0 radical (unpaired) electrons. The Labute approximate surface area is 225 Å². The van der Waals surface area contributed by atoms with Crippen molar-refractivity contribution >= 4 is 25.2 Å². The van der Waals surface area contributed by atoms with Crippen molar-refractivity contribution in [3.8, 4) is 18.1 Å². The van der Waals surface area contributed by atoms with Crippen LogP contribution in [0.3, 0.4) is 0 Å². The van der Waals surface area contributed by atoms with Gasteiger partial charge in [0, 0.05) is 0 Å². The summed E-state index contributed by atoms with van der Waals surface area (Å²) in [5, 5.41) is 10.9. The molecule has 206 valence electrons. The van der Waals surface area contributed by atoms with Gasteiger partial charge in [-0.1, -0.05) is 42.6 Å². The number of ether oxygens (including phenoxy) is 2. The number of H-pyrrole nitrogens is 1. The average Bonchev–Trinajstić information content (AvgIpc) is 3.12. The third-order valence-corrected chi connectivity index (χ3v) is 7.68. The molecule has 1 aromatic carbocycles. The smallest absolute Gasteiger partial charge is 0.380 e. The number of benzene rings is 1. The molecule has 3 rings (SSSR count). The lowest BCUT2D eigenvalue weighted by Gasteiger charge is -2.25. The highest BCUT2D eigenvalue weighted by atomic mass is 35.5. The molecule has 0 amide bonds. The first kappa shape index (κ1) is 26.7. The molecule has 1 fully saturated rings. The van der Waals surface area contributed by atoms with Gasteiger partial charge in [-0.3, -0.25) is 23.7 Å². The van der Waals surface area contributed by atoms with Crippen LogP contribution in [-0.2, 0) is 23.4 Å². The Bertz CT molecular complexity index is 1450. The van der Waals surface area contributed by atoms with E-state index in [4.69, 9.17) is 39.3 Å². The highest BCUT2D eigenvalue weighted by Gasteiger charge is 2.56. The summed E-state index contributed by atoms with van der Waals surface area (Å²) < 4.78 is 66.9. The van der Waals surface area contributed by atoms with E-state index in [1.807, 2.05) is 5.92 Å². The number of esters is 1. The van der Waals surface area contributed by atoms with Crippen molar-refractivity contribution in [2.45, 2.75) is 50.2 Å². The molecule has 1 unspecified atom stereocenters. The number of carbonyl (C=O) groups is 1. The van der Waals surface area contributed by atoms with Gasteiger partial charge >= 0.3 is 19.3 Å². The fourth-order valence-electron chi connectivity index (χ4n) is 3.46. The molecule has 1 aliphatic rings. The maximum Gasteiger partial charge on any atom is 0.380 e. The molecule has 14 heteroatoms. The number of halogens is 2. The van der Waals surface area contributed by atoms with E-state index >= 15 is 0 Å². The van der Waals surface area contributed by atoms with Crippen molar-refractivity contribution in [3.63, 3.8) is 0 Å². The zero-order valence-electron chi connectivity index (χ0n) is 22.5. The molecule has 2 aromatic rings. The molecule has 1 aromatic heterocycles. The van der Waals surface area contributed by atoms with Crippen molar-refractivity contribution < 1.29 is 40.1 Å². The lowest BCUT2D eigenvalue weighted by Crippen LogP contribution is -2.44. The number of terminal acetylenes is 1.